The zero-order valence-corrected chi connectivity index (χ0v) is 31.7. The van der Waals surface area contributed by atoms with E-state index in [2.05, 4.69) is 186 Å². The number of hydrogen-bond acceptors (Lipinski definition) is 5. The van der Waals surface area contributed by atoms with Gasteiger partial charge >= 0.3 is 0 Å². The first-order valence-corrected chi connectivity index (χ1v) is 19.8. The van der Waals surface area contributed by atoms with Crippen LogP contribution in [0.3, 0.4) is 0 Å². The van der Waals surface area contributed by atoms with Crippen LogP contribution in [-0.4, -0.2) is 0 Å². The lowest BCUT2D eigenvalue weighted by Crippen LogP contribution is -2.09. The summed E-state index contributed by atoms with van der Waals surface area (Å²) in [4.78, 5) is 4.55. The fraction of sp³-hybridized carbons (Fsp3) is 0. The van der Waals surface area contributed by atoms with Crippen molar-refractivity contribution in [3.8, 4) is 11.1 Å². The van der Waals surface area contributed by atoms with Crippen LogP contribution in [0.4, 0.5) is 34.1 Å². The van der Waals surface area contributed by atoms with E-state index >= 15 is 0 Å². The van der Waals surface area contributed by atoms with Crippen LogP contribution in [-0.2, 0) is 0 Å². The molecule has 0 aliphatic rings. The molecule has 5 heteroatoms. The van der Waals surface area contributed by atoms with Crippen LogP contribution in [0.5, 0.6) is 0 Å². The average molecular weight is 759 g/mol. The predicted octanol–water partition coefficient (Wildman–Crippen LogP) is 16.0. The van der Waals surface area contributed by atoms with Crippen LogP contribution in [0.1, 0.15) is 0 Å². The molecule has 0 radical (unpaired) electrons. The third-order valence-corrected chi connectivity index (χ3v) is 11.4. The highest BCUT2D eigenvalue weighted by Gasteiger charge is 2.20. The second-order valence-electron chi connectivity index (χ2n) is 14.9. The van der Waals surface area contributed by atoms with Gasteiger partial charge in [-0.3, -0.25) is 0 Å². The highest BCUT2D eigenvalue weighted by Crippen LogP contribution is 2.43. The highest BCUT2D eigenvalue weighted by atomic mass is 16.3. The molecule has 0 aliphatic carbocycles. The molecule has 12 rings (SSSR count). The summed E-state index contributed by atoms with van der Waals surface area (Å²) >= 11 is 0. The molecule has 0 unspecified atom stereocenters. The zero-order chi connectivity index (χ0) is 38.9. The fourth-order valence-corrected chi connectivity index (χ4v) is 8.70. The Morgan fingerprint density at radius 2 is 0.695 bits per heavy atom. The molecule has 0 spiro atoms. The number of fused-ring (bicyclic) bond motifs is 9. The minimum absolute atomic E-state index is 0.816. The van der Waals surface area contributed by atoms with Gasteiger partial charge in [0, 0.05) is 84.1 Å². The normalized spacial score (nSPS) is 11.7. The van der Waals surface area contributed by atoms with Gasteiger partial charge in [-0.05, 0) is 96.6 Å². The molecule has 3 heterocycles. The number of anilines is 6. The highest BCUT2D eigenvalue weighted by molar-refractivity contribution is 6.11. The average Bonchev–Trinajstić information content (AvgIpc) is 3.98. The molecule has 0 amide bonds. The number of hydrogen-bond donors (Lipinski definition) is 0. The van der Waals surface area contributed by atoms with Crippen LogP contribution >= 0.6 is 0 Å². The standard InChI is InChI=1S/C54H34N2O3/c1-3-12-36(13-4-1)55(38-24-22-35(23-25-38)42-18-11-19-47-44-17-8-10-21-50(44)59-54(42)47)39-28-31-51-48(32-39)46-30-27-41(34-53(46)58-51)56(37-14-5-2-6-15-37)40-26-29-45-43-16-7-9-20-49(43)57-52(45)33-40/h1-34H. The molecular weight excluding hydrogens is 725 g/mol. The lowest BCUT2D eigenvalue weighted by atomic mass is 10.0. The Morgan fingerprint density at radius 3 is 1.36 bits per heavy atom. The van der Waals surface area contributed by atoms with Crippen molar-refractivity contribution in [1.29, 1.82) is 0 Å². The second-order valence-corrected chi connectivity index (χ2v) is 14.9. The summed E-state index contributed by atoms with van der Waals surface area (Å²) < 4.78 is 19.3. The molecule has 0 saturated carbocycles. The smallest absolute Gasteiger partial charge is 0.143 e. The molecule has 0 bridgehead atoms. The molecule has 0 atom stereocenters. The van der Waals surface area contributed by atoms with E-state index in [-0.39, 0.29) is 0 Å². The second kappa shape index (κ2) is 13.3. The Balaban J connectivity index is 0.940. The molecule has 3 aromatic heterocycles. The van der Waals surface area contributed by atoms with Crippen molar-refractivity contribution in [3.05, 3.63) is 206 Å². The molecule has 5 nitrogen and oxygen atoms in total. The molecular formula is C54H34N2O3. The maximum atomic E-state index is 6.62. The van der Waals surface area contributed by atoms with Crippen LogP contribution in [0.25, 0.3) is 76.9 Å². The summed E-state index contributed by atoms with van der Waals surface area (Å²) in [6.45, 7) is 0. The first kappa shape index (κ1) is 33.2. The van der Waals surface area contributed by atoms with Gasteiger partial charge in [-0.15, -0.1) is 0 Å². The topological polar surface area (TPSA) is 45.9 Å². The summed E-state index contributed by atoms with van der Waals surface area (Å²) in [5.41, 5.74) is 13.5. The van der Waals surface area contributed by atoms with Crippen LogP contribution < -0.4 is 9.80 Å². The number of rotatable bonds is 7. The van der Waals surface area contributed by atoms with Crippen molar-refractivity contribution < 1.29 is 13.3 Å². The summed E-state index contributed by atoms with van der Waals surface area (Å²) in [7, 11) is 0. The summed E-state index contributed by atoms with van der Waals surface area (Å²) in [6.07, 6.45) is 0. The molecule has 9 aromatic carbocycles. The maximum Gasteiger partial charge on any atom is 0.143 e. The molecule has 12 aromatic rings. The van der Waals surface area contributed by atoms with Crippen molar-refractivity contribution in [2.24, 2.45) is 0 Å². The minimum Gasteiger partial charge on any atom is -0.456 e. The van der Waals surface area contributed by atoms with E-state index in [1.165, 1.54) is 0 Å². The number of furan rings is 3. The monoisotopic (exact) mass is 758 g/mol. The van der Waals surface area contributed by atoms with E-state index < -0.39 is 0 Å². The summed E-state index contributed by atoms with van der Waals surface area (Å²) in [5.74, 6) is 0. The van der Waals surface area contributed by atoms with Gasteiger partial charge in [0.15, 0.2) is 0 Å². The van der Waals surface area contributed by atoms with Gasteiger partial charge in [0.05, 0.1) is 0 Å². The van der Waals surface area contributed by atoms with Gasteiger partial charge in [0.1, 0.15) is 33.5 Å². The van der Waals surface area contributed by atoms with Crippen LogP contribution in [0.15, 0.2) is 220 Å². The van der Waals surface area contributed by atoms with Gasteiger partial charge in [-0.2, -0.15) is 0 Å². The number of nitrogens with zero attached hydrogens (tertiary/aromatic N) is 2. The Hall–Kier alpha value is -8.02. The van der Waals surface area contributed by atoms with Gasteiger partial charge in [-0.25, -0.2) is 0 Å². The Morgan fingerprint density at radius 1 is 0.254 bits per heavy atom. The van der Waals surface area contributed by atoms with Crippen molar-refractivity contribution in [2.45, 2.75) is 0 Å². The largest absolute Gasteiger partial charge is 0.456 e. The molecule has 0 saturated heterocycles. The van der Waals surface area contributed by atoms with Gasteiger partial charge in [0.2, 0.25) is 0 Å². The zero-order valence-electron chi connectivity index (χ0n) is 31.7. The molecule has 0 fully saturated rings. The van der Waals surface area contributed by atoms with Crippen LogP contribution in [0.2, 0.25) is 0 Å². The lowest BCUT2D eigenvalue weighted by Gasteiger charge is -2.26. The van der Waals surface area contributed by atoms with Crippen LogP contribution in [0, 0.1) is 0 Å². The van der Waals surface area contributed by atoms with Crippen molar-refractivity contribution in [2.75, 3.05) is 9.80 Å². The van der Waals surface area contributed by atoms with E-state index in [4.69, 9.17) is 13.3 Å². The fourth-order valence-electron chi connectivity index (χ4n) is 8.70. The van der Waals surface area contributed by atoms with E-state index in [0.29, 0.717) is 0 Å². The van der Waals surface area contributed by atoms with Gasteiger partial charge in [-0.1, -0.05) is 103 Å². The van der Waals surface area contributed by atoms with Gasteiger partial charge in [0.25, 0.3) is 0 Å². The van der Waals surface area contributed by atoms with E-state index in [1.54, 1.807) is 0 Å². The summed E-state index contributed by atoms with van der Waals surface area (Å²) in [6, 6.07) is 71.9. The first-order chi connectivity index (χ1) is 29.2. The van der Waals surface area contributed by atoms with E-state index in [1.807, 2.05) is 30.3 Å². The first-order valence-electron chi connectivity index (χ1n) is 19.8. The SMILES string of the molecule is c1ccc(N(c2ccc3c(c2)oc2ccccc23)c2ccc3c(c2)oc2ccc(N(c4ccccc4)c4ccc(-c5cccc6c5oc5ccccc56)cc4)cc23)cc1. The molecule has 59 heavy (non-hydrogen) atoms. The Bertz CT molecular complexity index is 3510. The molecule has 0 N–H and O–H groups in total. The maximum absolute atomic E-state index is 6.62. The minimum atomic E-state index is 0.816. The molecule has 278 valence electrons. The molecule has 0 aliphatic heterocycles. The predicted molar refractivity (Wildman–Crippen MR) is 243 cm³/mol. The van der Waals surface area contributed by atoms with Crippen molar-refractivity contribution >= 4 is 99.9 Å². The third-order valence-electron chi connectivity index (χ3n) is 11.4. The van der Waals surface area contributed by atoms with Gasteiger partial charge < -0.3 is 23.1 Å². The van der Waals surface area contributed by atoms with E-state index in [0.717, 1.165) is 111 Å². The lowest BCUT2D eigenvalue weighted by molar-refractivity contribution is 0.669. The quantitative estimate of drug-likeness (QED) is 0.162. The third kappa shape index (κ3) is 5.47. The number of para-hydroxylation sites is 5. The number of benzene rings is 9. The Kier molecular flexibility index (Phi) is 7.47. The summed E-state index contributed by atoms with van der Waals surface area (Å²) in [5, 5.41) is 6.56. The van der Waals surface area contributed by atoms with Crippen molar-refractivity contribution in [1.82, 2.24) is 0 Å². The Labute approximate surface area is 339 Å². The van der Waals surface area contributed by atoms with E-state index in [9.17, 15) is 0 Å². The van der Waals surface area contributed by atoms with Crippen molar-refractivity contribution in [3.63, 3.8) is 0 Å².